The third-order valence-electron chi connectivity index (χ3n) is 5.16. The van der Waals surface area contributed by atoms with E-state index in [1.54, 1.807) is 0 Å². The lowest BCUT2D eigenvalue weighted by Gasteiger charge is -2.45. The van der Waals surface area contributed by atoms with Crippen molar-refractivity contribution in [2.45, 2.75) is 50.2 Å². The summed E-state index contributed by atoms with van der Waals surface area (Å²) in [5, 5.41) is 0. The van der Waals surface area contributed by atoms with Crippen molar-refractivity contribution < 1.29 is 4.74 Å². The lowest BCUT2D eigenvalue weighted by Crippen LogP contribution is -2.52. The third-order valence-corrected chi connectivity index (χ3v) is 5.66. The SMILES string of the molecule is Brc1ccc2c(c1)CC1(CCN(C3CCC3)CC1)O2. The number of hydrogen-bond donors (Lipinski definition) is 0. The Morgan fingerprint density at radius 3 is 2.68 bits per heavy atom. The monoisotopic (exact) mass is 321 g/mol. The quantitative estimate of drug-likeness (QED) is 0.780. The molecule has 1 aliphatic carbocycles. The number of ether oxygens (including phenoxy) is 1. The van der Waals surface area contributed by atoms with E-state index in [1.807, 2.05) is 0 Å². The van der Waals surface area contributed by atoms with Gasteiger partial charge in [-0.1, -0.05) is 22.4 Å². The second-order valence-electron chi connectivity index (χ2n) is 6.33. The zero-order valence-electron chi connectivity index (χ0n) is 11.2. The number of halogens is 1. The van der Waals surface area contributed by atoms with Gasteiger partial charge in [-0.05, 0) is 36.6 Å². The highest BCUT2D eigenvalue weighted by Crippen LogP contribution is 2.43. The van der Waals surface area contributed by atoms with E-state index in [-0.39, 0.29) is 5.60 Å². The highest BCUT2D eigenvalue weighted by Gasteiger charge is 2.43. The van der Waals surface area contributed by atoms with Gasteiger partial charge in [0.15, 0.2) is 0 Å². The van der Waals surface area contributed by atoms with Gasteiger partial charge in [0.2, 0.25) is 0 Å². The Morgan fingerprint density at radius 1 is 1.21 bits per heavy atom. The van der Waals surface area contributed by atoms with Crippen LogP contribution >= 0.6 is 15.9 Å². The van der Waals surface area contributed by atoms with Gasteiger partial charge >= 0.3 is 0 Å². The zero-order valence-corrected chi connectivity index (χ0v) is 12.8. The van der Waals surface area contributed by atoms with Crippen LogP contribution in [0.15, 0.2) is 22.7 Å². The van der Waals surface area contributed by atoms with Crippen LogP contribution in [0.3, 0.4) is 0 Å². The first kappa shape index (κ1) is 12.2. The Kier molecular flexibility index (Phi) is 2.89. The number of nitrogens with zero attached hydrogens (tertiary/aromatic N) is 1. The van der Waals surface area contributed by atoms with E-state index in [1.165, 1.54) is 55.2 Å². The molecule has 1 saturated heterocycles. The number of benzene rings is 1. The fourth-order valence-electron chi connectivity index (χ4n) is 3.73. The molecule has 1 aromatic rings. The van der Waals surface area contributed by atoms with Crippen molar-refractivity contribution in [1.29, 1.82) is 0 Å². The summed E-state index contributed by atoms with van der Waals surface area (Å²) >= 11 is 3.56. The Labute approximate surface area is 123 Å². The molecule has 0 atom stereocenters. The lowest BCUT2D eigenvalue weighted by molar-refractivity contribution is -0.00746. The molecule has 0 unspecified atom stereocenters. The van der Waals surface area contributed by atoms with E-state index >= 15 is 0 Å². The fraction of sp³-hybridized carbons (Fsp3) is 0.625. The van der Waals surface area contributed by atoms with Crippen LogP contribution in [-0.2, 0) is 6.42 Å². The molecule has 2 heterocycles. The molecule has 3 heteroatoms. The van der Waals surface area contributed by atoms with Crippen molar-refractivity contribution in [1.82, 2.24) is 4.90 Å². The summed E-state index contributed by atoms with van der Waals surface area (Å²) in [6.45, 7) is 2.44. The summed E-state index contributed by atoms with van der Waals surface area (Å²) in [7, 11) is 0. The molecule has 1 saturated carbocycles. The van der Waals surface area contributed by atoms with Crippen LogP contribution in [0, 0.1) is 0 Å². The smallest absolute Gasteiger partial charge is 0.123 e. The number of piperidine rings is 1. The van der Waals surface area contributed by atoms with Crippen LogP contribution in [0.4, 0.5) is 0 Å². The first-order valence-electron chi connectivity index (χ1n) is 7.46. The maximum absolute atomic E-state index is 6.32. The minimum absolute atomic E-state index is 0.101. The third kappa shape index (κ3) is 2.11. The maximum Gasteiger partial charge on any atom is 0.123 e. The van der Waals surface area contributed by atoms with Gasteiger partial charge in [0, 0.05) is 42.9 Å². The second-order valence-corrected chi connectivity index (χ2v) is 7.25. The molecular weight excluding hydrogens is 302 g/mol. The lowest BCUT2D eigenvalue weighted by atomic mass is 9.84. The molecular formula is C16H20BrNO. The Hall–Kier alpha value is -0.540. The average molecular weight is 322 g/mol. The Morgan fingerprint density at radius 2 is 2.00 bits per heavy atom. The van der Waals surface area contributed by atoms with Gasteiger partial charge in [-0.15, -0.1) is 0 Å². The second kappa shape index (κ2) is 4.49. The summed E-state index contributed by atoms with van der Waals surface area (Å²) < 4.78 is 7.49. The predicted octanol–water partition coefficient (Wildman–Crippen LogP) is 3.77. The van der Waals surface area contributed by atoms with E-state index < -0.39 is 0 Å². The first-order chi connectivity index (χ1) is 9.24. The Balaban J connectivity index is 1.47. The van der Waals surface area contributed by atoms with E-state index in [4.69, 9.17) is 4.74 Å². The predicted molar refractivity (Wildman–Crippen MR) is 79.7 cm³/mol. The van der Waals surface area contributed by atoms with Crippen LogP contribution in [0.5, 0.6) is 5.75 Å². The van der Waals surface area contributed by atoms with E-state index in [9.17, 15) is 0 Å². The highest BCUT2D eigenvalue weighted by atomic mass is 79.9. The maximum atomic E-state index is 6.32. The molecule has 0 amide bonds. The number of fused-ring (bicyclic) bond motifs is 1. The minimum Gasteiger partial charge on any atom is -0.487 e. The van der Waals surface area contributed by atoms with Crippen molar-refractivity contribution >= 4 is 15.9 Å². The summed E-state index contributed by atoms with van der Waals surface area (Å²) in [6, 6.07) is 7.31. The van der Waals surface area contributed by atoms with Gasteiger partial charge in [0.05, 0.1) is 0 Å². The van der Waals surface area contributed by atoms with Crippen LogP contribution in [0.2, 0.25) is 0 Å². The molecule has 1 aromatic carbocycles. The summed E-state index contributed by atoms with van der Waals surface area (Å²) in [5.74, 6) is 1.11. The molecule has 1 spiro atoms. The molecule has 0 radical (unpaired) electrons. The van der Waals surface area contributed by atoms with E-state index in [2.05, 4.69) is 39.0 Å². The van der Waals surface area contributed by atoms with Gasteiger partial charge in [0.1, 0.15) is 11.4 Å². The van der Waals surface area contributed by atoms with Gasteiger partial charge < -0.3 is 9.64 Å². The molecule has 0 bridgehead atoms. The van der Waals surface area contributed by atoms with Crippen LogP contribution in [-0.4, -0.2) is 29.6 Å². The van der Waals surface area contributed by atoms with Gasteiger partial charge in [-0.2, -0.15) is 0 Å². The van der Waals surface area contributed by atoms with Crippen molar-refractivity contribution in [3.63, 3.8) is 0 Å². The van der Waals surface area contributed by atoms with Gasteiger partial charge in [-0.25, -0.2) is 0 Å². The summed E-state index contributed by atoms with van der Waals surface area (Å²) in [6.07, 6.45) is 7.75. The number of rotatable bonds is 1. The fourth-order valence-corrected chi connectivity index (χ4v) is 4.14. The van der Waals surface area contributed by atoms with E-state index in [0.717, 1.165) is 18.2 Å². The van der Waals surface area contributed by atoms with Crippen LogP contribution < -0.4 is 4.74 Å². The van der Waals surface area contributed by atoms with Crippen LogP contribution in [0.1, 0.15) is 37.7 Å². The molecule has 3 aliphatic rings. The summed E-state index contributed by atoms with van der Waals surface area (Å²) in [4.78, 5) is 2.69. The van der Waals surface area contributed by atoms with Gasteiger partial charge in [0.25, 0.3) is 0 Å². The molecule has 4 rings (SSSR count). The van der Waals surface area contributed by atoms with Crippen molar-refractivity contribution in [2.24, 2.45) is 0 Å². The Bertz CT molecular complexity index is 490. The number of likely N-dealkylation sites (tertiary alicyclic amines) is 1. The molecule has 2 fully saturated rings. The average Bonchev–Trinajstić information content (AvgIpc) is 2.67. The normalized spacial score (nSPS) is 25.9. The van der Waals surface area contributed by atoms with Crippen molar-refractivity contribution in [3.05, 3.63) is 28.2 Å². The van der Waals surface area contributed by atoms with E-state index in [0.29, 0.717) is 0 Å². The molecule has 0 N–H and O–H groups in total. The van der Waals surface area contributed by atoms with Crippen molar-refractivity contribution in [3.8, 4) is 5.75 Å². The molecule has 2 nitrogen and oxygen atoms in total. The zero-order chi connectivity index (χ0) is 12.9. The molecule has 0 aromatic heterocycles. The molecule has 2 aliphatic heterocycles. The minimum atomic E-state index is 0.101. The van der Waals surface area contributed by atoms with Crippen molar-refractivity contribution in [2.75, 3.05) is 13.1 Å². The largest absolute Gasteiger partial charge is 0.487 e. The number of hydrogen-bond acceptors (Lipinski definition) is 2. The summed E-state index contributed by atoms with van der Waals surface area (Å²) in [5.41, 5.74) is 1.48. The topological polar surface area (TPSA) is 12.5 Å². The van der Waals surface area contributed by atoms with Gasteiger partial charge in [-0.3, -0.25) is 0 Å². The van der Waals surface area contributed by atoms with Crippen LogP contribution in [0.25, 0.3) is 0 Å². The molecule has 19 heavy (non-hydrogen) atoms. The first-order valence-corrected chi connectivity index (χ1v) is 8.25. The highest BCUT2D eigenvalue weighted by molar-refractivity contribution is 9.10. The standard InChI is InChI=1S/C16H20BrNO/c17-13-4-5-15-12(10-13)11-16(19-15)6-8-18(9-7-16)14-2-1-3-14/h4-5,10,14H,1-3,6-9,11H2. The molecule has 102 valence electrons.